The zero-order valence-electron chi connectivity index (χ0n) is 11.1. The van der Waals surface area contributed by atoms with Crippen LogP contribution in [0, 0.1) is 6.92 Å². The van der Waals surface area contributed by atoms with Crippen LogP contribution < -0.4 is 10.2 Å². The number of benzene rings is 1. The SMILES string of the molecule is CCOC(=O)c1c(C)[nH]c2c(OC)cccc2c1=O. The molecule has 0 saturated carbocycles. The van der Waals surface area contributed by atoms with Crippen LogP contribution in [0.5, 0.6) is 5.75 Å². The van der Waals surface area contributed by atoms with Crippen molar-refractivity contribution in [3.63, 3.8) is 0 Å². The van der Waals surface area contributed by atoms with Crippen molar-refractivity contribution >= 4 is 16.9 Å². The second-order valence-corrected chi connectivity index (χ2v) is 4.06. The smallest absolute Gasteiger partial charge is 0.343 e. The maximum atomic E-state index is 12.4. The molecule has 0 fully saturated rings. The Labute approximate surface area is 110 Å². The minimum atomic E-state index is -0.606. The molecule has 0 bridgehead atoms. The molecule has 1 aromatic carbocycles. The standard InChI is InChI=1S/C14H15NO4/c1-4-19-14(17)11-8(2)15-12-9(13(11)16)6-5-7-10(12)18-3/h5-7H,4H2,1-3H3,(H,15,16). The van der Waals surface area contributed by atoms with Crippen LogP contribution in [0.25, 0.3) is 10.9 Å². The predicted molar refractivity (Wildman–Crippen MR) is 71.8 cm³/mol. The summed E-state index contributed by atoms with van der Waals surface area (Å²) in [5.41, 5.74) is 0.757. The Hall–Kier alpha value is -2.30. The van der Waals surface area contributed by atoms with Crippen molar-refractivity contribution in [3.05, 3.63) is 39.7 Å². The number of ether oxygens (including phenoxy) is 2. The van der Waals surface area contributed by atoms with Crippen LogP contribution in [0.2, 0.25) is 0 Å². The average Bonchev–Trinajstić information content (AvgIpc) is 2.38. The van der Waals surface area contributed by atoms with Gasteiger partial charge in [-0.3, -0.25) is 4.79 Å². The summed E-state index contributed by atoms with van der Waals surface area (Å²) in [6, 6.07) is 5.11. The van der Waals surface area contributed by atoms with Crippen LogP contribution in [0.3, 0.4) is 0 Å². The van der Waals surface area contributed by atoms with Crippen LogP contribution in [-0.4, -0.2) is 24.7 Å². The third-order valence-electron chi connectivity index (χ3n) is 2.88. The number of para-hydroxylation sites is 1. The Bertz CT molecular complexity index is 688. The number of hydrogen-bond acceptors (Lipinski definition) is 4. The van der Waals surface area contributed by atoms with Gasteiger partial charge in [0.2, 0.25) is 5.43 Å². The Balaban J connectivity index is 2.77. The monoisotopic (exact) mass is 261 g/mol. The number of carbonyl (C=O) groups excluding carboxylic acids is 1. The molecule has 0 spiro atoms. The van der Waals surface area contributed by atoms with Gasteiger partial charge in [-0.2, -0.15) is 0 Å². The summed E-state index contributed by atoms with van der Waals surface area (Å²) in [5, 5.41) is 0.410. The molecule has 0 radical (unpaired) electrons. The van der Waals surface area contributed by atoms with Crippen molar-refractivity contribution in [2.24, 2.45) is 0 Å². The first-order chi connectivity index (χ1) is 9.10. The largest absolute Gasteiger partial charge is 0.495 e. The number of aryl methyl sites for hydroxylation is 1. The van der Waals surface area contributed by atoms with E-state index in [-0.39, 0.29) is 17.6 Å². The van der Waals surface area contributed by atoms with Crippen molar-refractivity contribution < 1.29 is 14.3 Å². The van der Waals surface area contributed by atoms with Crippen molar-refractivity contribution in [2.75, 3.05) is 13.7 Å². The normalized spacial score (nSPS) is 10.5. The van der Waals surface area contributed by atoms with Gasteiger partial charge in [-0.25, -0.2) is 4.79 Å². The van der Waals surface area contributed by atoms with Gasteiger partial charge in [-0.05, 0) is 26.0 Å². The fourth-order valence-electron chi connectivity index (χ4n) is 2.02. The van der Waals surface area contributed by atoms with Gasteiger partial charge >= 0.3 is 5.97 Å². The highest BCUT2D eigenvalue weighted by Crippen LogP contribution is 2.22. The van der Waals surface area contributed by atoms with E-state index in [2.05, 4.69) is 4.98 Å². The number of fused-ring (bicyclic) bond motifs is 1. The number of carbonyl (C=O) groups is 1. The fraction of sp³-hybridized carbons (Fsp3) is 0.286. The third-order valence-corrected chi connectivity index (χ3v) is 2.88. The van der Waals surface area contributed by atoms with Crippen LogP contribution in [0.15, 0.2) is 23.0 Å². The summed E-state index contributed by atoms with van der Waals surface area (Å²) < 4.78 is 10.1. The predicted octanol–water partition coefficient (Wildman–Crippen LogP) is 2.02. The molecule has 1 N–H and O–H groups in total. The minimum absolute atomic E-state index is 0.0441. The van der Waals surface area contributed by atoms with Crippen LogP contribution >= 0.6 is 0 Å². The zero-order valence-corrected chi connectivity index (χ0v) is 11.1. The molecule has 2 aromatic rings. The number of aromatic amines is 1. The fourth-order valence-corrected chi connectivity index (χ4v) is 2.02. The first-order valence-corrected chi connectivity index (χ1v) is 5.96. The van der Waals surface area contributed by atoms with E-state index in [1.165, 1.54) is 7.11 Å². The number of H-pyrrole nitrogens is 1. The van der Waals surface area contributed by atoms with Crippen molar-refractivity contribution in [3.8, 4) is 5.75 Å². The summed E-state index contributed by atoms with van der Waals surface area (Å²) >= 11 is 0. The molecule has 1 aromatic heterocycles. The van der Waals surface area contributed by atoms with E-state index in [4.69, 9.17) is 9.47 Å². The van der Waals surface area contributed by atoms with Crippen LogP contribution in [0.4, 0.5) is 0 Å². The summed E-state index contributed by atoms with van der Waals surface area (Å²) in [7, 11) is 1.53. The number of esters is 1. The second-order valence-electron chi connectivity index (χ2n) is 4.06. The molecule has 0 amide bonds. The summed E-state index contributed by atoms with van der Waals surface area (Å²) in [4.78, 5) is 27.2. The van der Waals surface area contributed by atoms with Crippen molar-refractivity contribution in [1.82, 2.24) is 4.98 Å². The minimum Gasteiger partial charge on any atom is -0.495 e. The maximum absolute atomic E-state index is 12.4. The highest BCUT2D eigenvalue weighted by atomic mass is 16.5. The molecule has 5 heteroatoms. The van der Waals surface area contributed by atoms with Gasteiger partial charge in [0, 0.05) is 5.69 Å². The molecule has 19 heavy (non-hydrogen) atoms. The molecule has 0 unspecified atom stereocenters. The lowest BCUT2D eigenvalue weighted by Gasteiger charge is -2.09. The lowest BCUT2D eigenvalue weighted by molar-refractivity contribution is 0.0523. The topological polar surface area (TPSA) is 68.4 Å². The number of hydrogen-bond donors (Lipinski definition) is 1. The maximum Gasteiger partial charge on any atom is 0.343 e. The van der Waals surface area contributed by atoms with E-state index in [0.29, 0.717) is 22.3 Å². The Kier molecular flexibility index (Phi) is 3.55. The van der Waals surface area contributed by atoms with E-state index in [1.54, 1.807) is 32.0 Å². The molecule has 0 atom stereocenters. The van der Waals surface area contributed by atoms with E-state index in [9.17, 15) is 9.59 Å². The number of rotatable bonds is 3. The number of aromatic nitrogens is 1. The van der Waals surface area contributed by atoms with Crippen LogP contribution in [0.1, 0.15) is 23.0 Å². The Morgan fingerprint density at radius 1 is 1.37 bits per heavy atom. The first kappa shape index (κ1) is 13.1. The Morgan fingerprint density at radius 3 is 2.74 bits per heavy atom. The lowest BCUT2D eigenvalue weighted by Crippen LogP contribution is -2.20. The molecule has 2 rings (SSSR count). The summed E-state index contributed by atoms with van der Waals surface area (Å²) in [5.74, 6) is -0.0425. The molecular formula is C14H15NO4. The third kappa shape index (κ3) is 2.19. The van der Waals surface area contributed by atoms with Crippen LogP contribution in [-0.2, 0) is 4.74 Å². The quantitative estimate of drug-likeness (QED) is 0.858. The number of pyridine rings is 1. The lowest BCUT2D eigenvalue weighted by atomic mass is 10.1. The number of nitrogens with one attached hydrogen (secondary N) is 1. The summed E-state index contributed by atoms with van der Waals surface area (Å²) in [6.45, 7) is 3.60. The highest BCUT2D eigenvalue weighted by Gasteiger charge is 2.18. The van der Waals surface area contributed by atoms with Gasteiger partial charge in [0.15, 0.2) is 0 Å². The molecule has 0 aliphatic heterocycles. The molecular weight excluding hydrogens is 246 g/mol. The second kappa shape index (κ2) is 5.14. The Morgan fingerprint density at radius 2 is 2.11 bits per heavy atom. The van der Waals surface area contributed by atoms with Gasteiger partial charge in [0.25, 0.3) is 0 Å². The van der Waals surface area contributed by atoms with E-state index < -0.39 is 5.97 Å². The molecule has 5 nitrogen and oxygen atoms in total. The first-order valence-electron chi connectivity index (χ1n) is 5.96. The van der Waals surface area contributed by atoms with E-state index >= 15 is 0 Å². The van der Waals surface area contributed by atoms with Crippen molar-refractivity contribution in [1.29, 1.82) is 0 Å². The average molecular weight is 261 g/mol. The molecule has 1 heterocycles. The van der Waals surface area contributed by atoms with E-state index in [1.807, 2.05) is 0 Å². The van der Waals surface area contributed by atoms with Gasteiger partial charge in [-0.15, -0.1) is 0 Å². The molecule has 0 saturated heterocycles. The van der Waals surface area contributed by atoms with Gasteiger partial charge in [0.1, 0.15) is 11.3 Å². The van der Waals surface area contributed by atoms with E-state index in [0.717, 1.165) is 0 Å². The van der Waals surface area contributed by atoms with Gasteiger partial charge in [0.05, 0.1) is 24.6 Å². The van der Waals surface area contributed by atoms with Gasteiger partial charge < -0.3 is 14.5 Å². The van der Waals surface area contributed by atoms with Crippen molar-refractivity contribution in [2.45, 2.75) is 13.8 Å². The molecule has 100 valence electrons. The summed E-state index contributed by atoms with van der Waals surface area (Å²) in [6.07, 6.45) is 0. The zero-order chi connectivity index (χ0) is 14.0. The number of methoxy groups -OCH3 is 1. The highest BCUT2D eigenvalue weighted by molar-refractivity contribution is 5.96. The molecule has 0 aliphatic rings. The molecule has 0 aliphatic carbocycles. The van der Waals surface area contributed by atoms with Gasteiger partial charge in [-0.1, -0.05) is 6.07 Å².